The molecule has 7 heteroatoms. The summed E-state index contributed by atoms with van der Waals surface area (Å²) in [4.78, 5) is 33.6. The molecule has 0 N–H and O–H groups in total. The third-order valence-electron chi connectivity index (χ3n) is 5.36. The Kier molecular flexibility index (Phi) is 5.03. The van der Waals surface area contributed by atoms with Crippen molar-refractivity contribution in [2.75, 3.05) is 26.2 Å². The van der Waals surface area contributed by atoms with Gasteiger partial charge in [-0.15, -0.1) is 0 Å². The zero-order valence-corrected chi connectivity index (χ0v) is 15.6. The molecule has 1 saturated carbocycles. The van der Waals surface area contributed by atoms with Crippen LogP contribution in [0.1, 0.15) is 43.1 Å². The topological polar surface area (TPSA) is 71.3 Å². The first-order valence-electron chi connectivity index (χ1n) is 9.62. The van der Waals surface area contributed by atoms with E-state index in [1.54, 1.807) is 19.2 Å². The fraction of sp³-hybridized carbons (Fsp3) is 0.500. The molecule has 2 aromatic rings. The molecule has 1 aliphatic heterocycles. The third-order valence-corrected chi connectivity index (χ3v) is 5.36. The Morgan fingerprint density at radius 1 is 1.15 bits per heavy atom. The second-order valence-corrected chi connectivity index (χ2v) is 7.41. The monoisotopic (exact) mass is 367 g/mol. The number of pyridine rings is 1. The minimum Gasteiger partial charge on any atom is -0.338 e. The van der Waals surface area contributed by atoms with Crippen LogP contribution in [0.5, 0.6) is 0 Å². The largest absolute Gasteiger partial charge is 0.338 e. The molecule has 3 heterocycles. The van der Waals surface area contributed by atoms with E-state index < -0.39 is 6.04 Å². The van der Waals surface area contributed by atoms with Crippen LogP contribution in [0.25, 0.3) is 0 Å². The molecule has 0 bridgehead atoms. The molecule has 142 valence electrons. The predicted octanol–water partition coefficient (Wildman–Crippen LogP) is 1.42. The molecule has 4 rings (SSSR count). The maximum absolute atomic E-state index is 12.9. The molecule has 2 fully saturated rings. The average Bonchev–Trinajstić information content (AvgIpc) is 3.54. The van der Waals surface area contributed by atoms with Crippen LogP contribution in [0, 0.1) is 0 Å². The smallest absolute Gasteiger partial charge is 0.267 e. The lowest BCUT2D eigenvalue weighted by molar-refractivity contribution is -0.136. The first kappa shape index (κ1) is 17.9. The van der Waals surface area contributed by atoms with E-state index in [9.17, 15) is 9.59 Å². The molecule has 0 spiro atoms. The molecule has 27 heavy (non-hydrogen) atoms. The van der Waals surface area contributed by atoms with Crippen LogP contribution in [0.2, 0.25) is 0 Å². The number of hydrogen-bond donors (Lipinski definition) is 0. The molecule has 7 nitrogen and oxygen atoms in total. The second kappa shape index (κ2) is 7.60. The lowest BCUT2D eigenvalue weighted by Crippen LogP contribution is -2.50. The van der Waals surface area contributed by atoms with E-state index in [-0.39, 0.29) is 11.5 Å². The van der Waals surface area contributed by atoms with Crippen molar-refractivity contribution in [2.45, 2.75) is 38.3 Å². The van der Waals surface area contributed by atoms with Crippen molar-refractivity contribution in [3.05, 3.63) is 58.3 Å². The van der Waals surface area contributed by atoms with Crippen LogP contribution < -0.4 is 5.56 Å². The summed E-state index contributed by atoms with van der Waals surface area (Å²) in [6.45, 7) is 5.50. The predicted molar refractivity (Wildman–Crippen MR) is 101 cm³/mol. The zero-order chi connectivity index (χ0) is 18.8. The van der Waals surface area contributed by atoms with Gasteiger partial charge in [0.25, 0.3) is 5.56 Å². The minimum absolute atomic E-state index is 0.0324. The van der Waals surface area contributed by atoms with Crippen molar-refractivity contribution in [1.29, 1.82) is 0 Å². The number of piperazine rings is 1. The van der Waals surface area contributed by atoms with Gasteiger partial charge in [0, 0.05) is 50.9 Å². The second-order valence-electron chi connectivity index (χ2n) is 7.41. The Bertz CT molecular complexity index is 854. The molecule has 2 aromatic heterocycles. The molecule has 1 saturated heterocycles. The van der Waals surface area contributed by atoms with Gasteiger partial charge in [0.15, 0.2) is 0 Å². The maximum atomic E-state index is 12.9. The summed E-state index contributed by atoms with van der Waals surface area (Å²) in [5.41, 5.74) is 1.75. The Labute approximate surface area is 158 Å². The maximum Gasteiger partial charge on any atom is 0.267 e. The van der Waals surface area contributed by atoms with Crippen LogP contribution in [-0.2, 0) is 11.3 Å². The Hall–Kier alpha value is -2.54. The first-order valence-corrected chi connectivity index (χ1v) is 9.62. The van der Waals surface area contributed by atoms with Gasteiger partial charge < -0.3 is 4.90 Å². The Morgan fingerprint density at radius 2 is 1.93 bits per heavy atom. The first-order chi connectivity index (χ1) is 13.1. The lowest BCUT2D eigenvalue weighted by Gasteiger charge is -2.35. The van der Waals surface area contributed by atoms with Crippen LogP contribution >= 0.6 is 0 Å². The van der Waals surface area contributed by atoms with Gasteiger partial charge in [-0.25, -0.2) is 4.68 Å². The summed E-state index contributed by atoms with van der Waals surface area (Å²) in [6.07, 6.45) is 4.04. The van der Waals surface area contributed by atoms with Gasteiger partial charge in [-0.3, -0.25) is 19.5 Å². The normalized spacial score (nSPS) is 19.1. The number of aromatic nitrogens is 3. The van der Waals surface area contributed by atoms with Crippen molar-refractivity contribution >= 4 is 5.91 Å². The van der Waals surface area contributed by atoms with Crippen LogP contribution in [0.4, 0.5) is 0 Å². The van der Waals surface area contributed by atoms with E-state index >= 15 is 0 Å². The number of carbonyl (C=O) groups is 1. The molecular formula is C20H25N5O2. The zero-order valence-electron chi connectivity index (χ0n) is 15.6. The molecular weight excluding hydrogens is 342 g/mol. The van der Waals surface area contributed by atoms with Crippen molar-refractivity contribution in [1.82, 2.24) is 24.6 Å². The van der Waals surface area contributed by atoms with Crippen LogP contribution in [-0.4, -0.2) is 56.7 Å². The minimum atomic E-state index is -0.571. The third kappa shape index (κ3) is 4.08. The summed E-state index contributed by atoms with van der Waals surface area (Å²) < 4.78 is 1.36. The Morgan fingerprint density at radius 3 is 2.59 bits per heavy atom. The van der Waals surface area contributed by atoms with Gasteiger partial charge in [0.2, 0.25) is 5.91 Å². The van der Waals surface area contributed by atoms with E-state index in [1.165, 1.54) is 10.7 Å². The fourth-order valence-electron chi connectivity index (χ4n) is 3.53. The summed E-state index contributed by atoms with van der Waals surface area (Å²) >= 11 is 0. The molecule has 1 atom stereocenters. The average molecular weight is 367 g/mol. The molecule has 0 radical (unpaired) electrons. The molecule has 1 aliphatic carbocycles. The van der Waals surface area contributed by atoms with Gasteiger partial charge >= 0.3 is 0 Å². The van der Waals surface area contributed by atoms with Crippen LogP contribution in [0.15, 0.2) is 41.3 Å². The highest BCUT2D eigenvalue weighted by atomic mass is 16.2. The number of amides is 1. The van der Waals surface area contributed by atoms with Gasteiger partial charge in [-0.2, -0.15) is 5.10 Å². The summed E-state index contributed by atoms with van der Waals surface area (Å²) in [5.74, 6) is 0.421. The quantitative estimate of drug-likeness (QED) is 0.799. The highest BCUT2D eigenvalue weighted by Gasteiger charge is 2.29. The van der Waals surface area contributed by atoms with Gasteiger partial charge in [0.05, 0.1) is 11.4 Å². The van der Waals surface area contributed by atoms with E-state index in [2.05, 4.69) is 15.0 Å². The van der Waals surface area contributed by atoms with E-state index in [0.717, 1.165) is 43.9 Å². The summed E-state index contributed by atoms with van der Waals surface area (Å²) in [6, 6.07) is 8.68. The van der Waals surface area contributed by atoms with Crippen molar-refractivity contribution in [3.63, 3.8) is 0 Å². The van der Waals surface area contributed by atoms with Gasteiger partial charge in [-0.1, -0.05) is 6.07 Å². The van der Waals surface area contributed by atoms with Crippen molar-refractivity contribution in [3.8, 4) is 0 Å². The van der Waals surface area contributed by atoms with Gasteiger partial charge in [-0.05, 0) is 38.0 Å². The standard InChI is InChI=1S/C20H25N5O2/c1-15(25-19(26)8-7-18(22-25)16-5-6-16)20(27)24-12-10-23(11-13-24)14-17-4-2-3-9-21-17/h2-4,7-9,15-16H,5-6,10-14H2,1H3. The number of hydrogen-bond acceptors (Lipinski definition) is 5. The lowest BCUT2D eigenvalue weighted by atomic mass is 10.2. The summed E-state index contributed by atoms with van der Waals surface area (Å²) in [5, 5.41) is 4.46. The molecule has 0 aromatic carbocycles. The molecule has 2 aliphatic rings. The van der Waals surface area contributed by atoms with Crippen LogP contribution in [0.3, 0.4) is 0 Å². The SMILES string of the molecule is CC(C(=O)N1CCN(Cc2ccccn2)CC1)n1nc(C2CC2)ccc1=O. The van der Waals surface area contributed by atoms with Crippen molar-refractivity contribution in [2.24, 2.45) is 0 Å². The van der Waals surface area contributed by atoms with E-state index in [0.29, 0.717) is 19.0 Å². The summed E-state index contributed by atoms with van der Waals surface area (Å²) in [7, 11) is 0. The molecule has 1 unspecified atom stereocenters. The number of rotatable bonds is 5. The molecule has 1 amide bonds. The number of nitrogens with zero attached hydrogens (tertiary/aromatic N) is 5. The fourth-order valence-corrected chi connectivity index (χ4v) is 3.53. The highest BCUT2D eigenvalue weighted by Crippen LogP contribution is 2.38. The number of carbonyl (C=O) groups excluding carboxylic acids is 1. The Balaban J connectivity index is 1.37. The highest BCUT2D eigenvalue weighted by molar-refractivity contribution is 5.80. The van der Waals surface area contributed by atoms with Crippen molar-refractivity contribution < 1.29 is 4.79 Å². The van der Waals surface area contributed by atoms with Gasteiger partial charge in [0.1, 0.15) is 6.04 Å². The van der Waals surface area contributed by atoms with E-state index in [4.69, 9.17) is 0 Å². The van der Waals surface area contributed by atoms with E-state index in [1.807, 2.05) is 23.1 Å².